The van der Waals surface area contributed by atoms with Crippen LogP contribution in [0.5, 0.6) is 0 Å². The maximum absolute atomic E-state index is 5.71. The van der Waals surface area contributed by atoms with Crippen molar-refractivity contribution < 1.29 is 4.74 Å². The van der Waals surface area contributed by atoms with E-state index in [1.165, 1.54) is 42.1 Å². The predicted molar refractivity (Wildman–Crippen MR) is 72.2 cm³/mol. The molecular formula is C13H22N2OS. The van der Waals surface area contributed by atoms with E-state index in [9.17, 15) is 0 Å². The molecule has 2 rings (SSSR count). The quantitative estimate of drug-likeness (QED) is 0.791. The van der Waals surface area contributed by atoms with Gasteiger partial charge < -0.3 is 15.4 Å². The van der Waals surface area contributed by atoms with Crippen molar-refractivity contribution in [2.45, 2.75) is 32.4 Å². The molecule has 0 aromatic carbocycles. The fourth-order valence-electron chi connectivity index (χ4n) is 2.16. The summed E-state index contributed by atoms with van der Waals surface area (Å²) in [5, 5.41) is 0. The molecule has 0 radical (unpaired) electrons. The largest absolute Gasteiger partial charge is 0.375 e. The van der Waals surface area contributed by atoms with Crippen LogP contribution in [0.2, 0.25) is 0 Å². The van der Waals surface area contributed by atoms with Crippen molar-refractivity contribution in [3.63, 3.8) is 0 Å². The van der Waals surface area contributed by atoms with Crippen LogP contribution in [0.15, 0.2) is 12.1 Å². The number of hydrogen-bond acceptors (Lipinski definition) is 4. The molecule has 0 spiro atoms. The van der Waals surface area contributed by atoms with Crippen LogP contribution >= 0.6 is 11.3 Å². The summed E-state index contributed by atoms with van der Waals surface area (Å²) in [5.41, 5.74) is 5.58. The summed E-state index contributed by atoms with van der Waals surface area (Å²) < 4.78 is 5.71. The van der Waals surface area contributed by atoms with E-state index in [2.05, 4.69) is 17.0 Å². The number of ether oxygens (including phenoxy) is 1. The summed E-state index contributed by atoms with van der Waals surface area (Å²) in [7, 11) is 0. The van der Waals surface area contributed by atoms with Crippen LogP contribution in [-0.4, -0.2) is 31.1 Å². The van der Waals surface area contributed by atoms with Crippen molar-refractivity contribution >= 4 is 11.3 Å². The molecule has 4 heteroatoms. The third-order valence-electron chi connectivity index (χ3n) is 3.16. The first-order chi connectivity index (χ1) is 8.38. The van der Waals surface area contributed by atoms with Gasteiger partial charge in [0.1, 0.15) is 0 Å². The first kappa shape index (κ1) is 13.0. The molecule has 1 aliphatic rings. The van der Waals surface area contributed by atoms with Crippen molar-refractivity contribution in [3.8, 4) is 0 Å². The molecule has 0 aliphatic carbocycles. The maximum atomic E-state index is 5.71. The van der Waals surface area contributed by atoms with Crippen molar-refractivity contribution in [2.24, 2.45) is 5.73 Å². The number of likely N-dealkylation sites (tertiary alicyclic amines) is 1. The second-order valence-corrected chi connectivity index (χ2v) is 5.78. The molecule has 17 heavy (non-hydrogen) atoms. The minimum absolute atomic E-state index is 0.637. The molecule has 0 unspecified atom stereocenters. The number of rotatable bonds is 6. The lowest BCUT2D eigenvalue weighted by atomic mass is 10.1. The summed E-state index contributed by atoms with van der Waals surface area (Å²) in [6.07, 6.45) is 4.10. The molecular weight excluding hydrogens is 232 g/mol. The van der Waals surface area contributed by atoms with Gasteiger partial charge in [-0.25, -0.2) is 0 Å². The van der Waals surface area contributed by atoms with Crippen LogP contribution < -0.4 is 5.73 Å². The average molecular weight is 254 g/mol. The van der Waals surface area contributed by atoms with Crippen LogP contribution in [-0.2, 0) is 17.9 Å². The summed E-state index contributed by atoms with van der Waals surface area (Å²) in [6, 6.07) is 4.21. The number of hydrogen-bond donors (Lipinski definition) is 1. The first-order valence-corrected chi connectivity index (χ1v) is 7.28. The Hall–Kier alpha value is -0.420. The Labute approximate surface area is 108 Å². The number of nitrogens with zero attached hydrogens (tertiary/aromatic N) is 1. The first-order valence-electron chi connectivity index (χ1n) is 6.46. The number of nitrogens with two attached hydrogens (primary N) is 1. The highest BCUT2D eigenvalue weighted by Crippen LogP contribution is 2.16. The van der Waals surface area contributed by atoms with Crippen LogP contribution in [0.25, 0.3) is 0 Å². The summed E-state index contributed by atoms with van der Waals surface area (Å²) >= 11 is 1.76. The van der Waals surface area contributed by atoms with E-state index >= 15 is 0 Å². The second kappa shape index (κ2) is 7.11. The third-order valence-corrected chi connectivity index (χ3v) is 4.24. The van der Waals surface area contributed by atoms with Gasteiger partial charge >= 0.3 is 0 Å². The van der Waals surface area contributed by atoms with Gasteiger partial charge in [-0.3, -0.25) is 0 Å². The van der Waals surface area contributed by atoms with E-state index in [1.54, 1.807) is 11.3 Å². The van der Waals surface area contributed by atoms with E-state index < -0.39 is 0 Å². The minimum atomic E-state index is 0.637. The fraction of sp³-hybridized carbons (Fsp3) is 0.692. The Morgan fingerprint density at radius 1 is 1.18 bits per heavy atom. The van der Waals surface area contributed by atoms with Gasteiger partial charge in [0.25, 0.3) is 0 Å². The Bertz CT molecular complexity index is 321. The molecule has 1 aromatic heterocycles. The van der Waals surface area contributed by atoms with Gasteiger partial charge in [-0.1, -0.05) is 6.42 Å². The molecule has 3 nitrogen and oxygen atoms in total. The second-order valence-electron chi connectivity index (χ2n) is 4.53. The SMILES string of the molecule is NCc1ccc(COCCN2CCCCC2)s1. The van der Waals surface area contributed by atoms with Gasteiger partial charge in [-0.05, 0) is 38.1 Å². The monoisotopic (exact) mass is 254 g/mol. The van der Waals surface area contributed by atoms with E-state index in [1.807, 2.05) is 0 Å². The van der Waals surface area contributed by atoms with Crippen molar-refractivity contribution in [1.29, 1.82) is 0 Å². The van der Waals surface area contributed by atoms with Crippen LogP contribution in [0.3, 0.4) is 0 Å². The standard InChI is InChI=1S/C13H22N2OS/c14-10-12-4-5-13(17-12)11-16-9-8-15-6-2-1-3-7-15/h4-5H,1-3,6-11,14H2. The Balaban J connectivity index is 1.59. The van der Waals surface area contributed by atoms with Crippen molar-refractivity contribution in [3.05, 3.63) is 21.9 Å². The minimum Gasteiger partial charge on any atom is -0.375 e. The maximum Gasteiger partial charge on any atom is 0.0810 e. The zero-order valence-corrected chi connectivity index (χ0v) is 11.2. The van der Waals surface area contributed by atoms with Crippen LogP contribution in [0.4, 0.5) is 0 Å². The van der Waals surface area contributed by atoms with E-state index in [4.69, 9.17) is 10.5 Å². The summed E-state index contributed by atoms with van der Waals surface area (Å²) in [6.45, 7) is 5.79. The highest BCUT2D eigenvalue weighted by atomic mass is 32.1. The van der Waals surface area contributed by atoms with Gasteiger partial charge in [0.2, 0.25) is 0 Å². The third kappa shape index (κ3) is 4.39. The molecule has 0 saturated carbocycles. The molecule has 0 bridgehead atoms. The van der Waals surface area contributed by atoms with Crippen LogP contribution in [0, 0.1) is 0 Å². The Kier molecular flexibility index (Phi) is 5.45. The van der Waals surface area contributed by atoms with Gasteiger partial charge in [0, 0.05) is 22.8 Å². The molecule has 0 atom stereocenters. The molecule has 2 N–H and O–H groups in total. The molecule has 1 fully saturated rings. The zero-order valence-electron chi connectivity index (χ0n) is 10.4. The lowest BCUT2D eigenvalue weighted by molar-refractivity contribution is 0.0878. The topological polar surface area (TPSA) is 38.5 Å². The molecule has 1 aromatic rings. The normalized spacial score (nSPS) is 17.5. The van der Waals surface area contributed by atoms with Crippen LogP contribution in [0.1, 0.15) is 29.0 Å². The summed E-state index contributed by atoms with van der Waals surface area (Å²) in [5.74, 6) is 0. The number of piperidine rings is 1. The van der Waals surface area contributed by atoms with E-state index in [0.29, 0.717) is 6.54 Å². The van der Waals surface area contributed by atoms with Crippen molar-refractivity contribution in [1.82, 2.24) is 4.90 Å². The Morgan fingerprint density at radius 2 is 1.94 bits per heavy atom. The van der Waals surface area contributed by atoms with Gasteiger partial charge in [-0.2, -0.15) is 0 Å². The highest BCUT2D eigenvalue weighted by molar-refractivity contribution is 7.11. The van der Waals surface area contributed by atoms with Gasteiger partial charge in [-0.15, -0.1) is 11.3 Å². The highest BCUT2D eigenvalue weighted by Gasteiger charge is 2.09. The fourth-order valence-corrected chi connectivity index (χ4v) is 2.99. The van der Waals surface area contributed by atoms with Gasteiger partial charge in [0.15, 0.2) is 0 Å². The average Bonchev–Trinajstić information content (AvgIpc) is 2.84. The smallest absolute Gasteiger partial charge is 0.0810 e. The zero-order chi connectivity index (χ0) is 11.9. The Morgan fingerprint density at radius 3 is 2.65 bits per heavy atom. The lowest BCUT2D eigenvalue weighted by Gasteiger charge is -2.26. The van der Waals surface area contributed by atoms with E-state index in [0.717, 1.165) is 19.8 Å². The van der Waals surface area contributed by atoms with Gasteiger partial charge in [0.05, 0.1) is 13.2 Å². The van der Waals surface area contributed by atoms with Crippen molar-refractivity contribution in [2.75, 3.05) is 26.2 Å². The lowest BCUT2D eigenvalue weighted by Crippen LogP contribution is -2.32. The molecule has 1 aliphatic heterocycles. The number of thiophene rings is 1. The molecule has 2 heterocycles. The molecule has 1 saturated heterocycles. The predicted octanol–water partition coefficient (Wildman–Crippen LogP) is 2.21. The molecule has 0 amide bonds. The van der Waals surface area contributed by atoms with E-state index in [-0.39, 0.29) is 0 Å². The molecule has 96 valence electrons. The summed E-state index contributed by atoms with van der Waals surface area (Å²) in [4.78, 5) is 5.02.